The first-order valence-electron chi connectivity index (χ1n) is 12.2. The van der Waals surface area contributed by atoms with Crippen LogP contribution in [0.4, 0.5) is 0 Å². The number of carbonyl (C=O) groups excluding carboxylic acids is 1. The zero-order valence-corrected chi connectivity index (χ0v) is 20.1. The first-order valence-corrected chi connectivity index (χ1v) is 12.2. The Bertz CT molecular complexity index is 1690. The second-order valence-corrected chi connectivity index (χ2v) is 8.82. The molecule has 0 spiro atoms. The highest BCUT2D eigenvalue weighted by molar-refractivity contribution is 5.97. The number of nitrogens with one attached hydrogen (secondary N) is 2. The lowest BCUT2D eigenvalue weighted by Gasteiger charge is -2.10. The first kappa shape index (κ1) is 22.5. The van der Waals surface area contributed by atoms with Gasteiger partial charge < -0.3 is 15.0 Å². The molecule has 0 saturated carbocycles. The zero-order chi connectivity index (χ0) is 25.0. The summed E-state index contributed by atoms with van der Waals surface area (Å²) in [4.78, 5) is 24.6. The fourth-order valence-electron chi connectivity index (χ4n) is 4.49. The van der Waals surface area contributed by atoms with E-state index in [1.807, 2.05) is 65.2 Å². The van der Waals surface area contributed by atoms with Gasteiger partial charge in [-0.1, -0.05) is 30.3 Å². The van der Waals surface area contributed by atoms with Crippen molar-refractivity contribution in [2.24, 2.45) is 0 Å². The van der Waals surface area contributed by atoms with Crippen molar-refractivity contribution in [2.45, 2.75) is 13.0 Å². The number of benzene rings is 3. The normalized spacial score (nSPS) is 11.1. The highest BCUT2D eigenvalue weighted by atomic mass is 16.5. The van der Waals surface area contributed by atoms with Gasteiger partial charge in [0.2, 0.25) is 0 Å². The second-order valence-electron chi connectivity index (χ2n) is 8.82. The molecule has 37 heavy (non-hydrogen) atoms. The van der Waals surface area contributed by atoms with E-state index < -0.39 is 0 Å². The molecule has 7 nitrogen and oxygen atoms in total. The topological polar surface area (TPSA) is 84.8 Å². The summed E-state index contributed by atoms with van der Waals surface area (Å²) in [5.74, 6) is 0.650. The van der Waals surface area contributed by atoms with Crippen LogP contribution in [-0.2, 0) is 13.0 Å². The third-order valence-electron chi connectivity index (χ3n) is 6.40. The van der Waals surface area contributed by atoms with Crippen LogP contribution in [0.1, 0.15) is 21.5 Å². The molecule has 0 fully saturated rings. The zero-order valence-electron chi connectivity index (χ0n) is 20.1. The number of nitrogens with zero attached hydrogens (tertiary/aromatic N) is 3. The van der Waals surface area contributed by atoms with E-state index in [4.69, 9.17) is 4.74 Å². The van der Waals surface area contributed by atoms with Gasteiger partial charge in [0, 0.05) is 54.1 Å². The number of ether oxygens (including phenoxy) is 1. The summed E-state index contributed by atoms with van der Waals surface area (Å²) in [7, 11) is 0. The highest BCUT2D eigenvalue weighted by Gasteiger charge is 2.11. The van der Waals surface area contributed by atoms with Crippen LogP contribution in [0.2, 0.25) is 0 Å². The van der Waals surface area contributed by atoms with Crippen LogP contribution in [0, 0.1) is 0 Å². The Labute approximate surface area is 213 Å². The van der Waals surface area contributed by atoms with Gasteiger partial charge in [-0.05, 0) is 53.6 Å². The summed E-state index contributed by atoms with van der Waals surface area (Å²) < 4.78 is 8.09. The summed E-state index contributed by atoms with van der Waals surface area (Å²) in [5, 5.41) is 4.16. The predicted molar refractivity (Wildman–Crippen MR) is 144 cm³/mol. The molecule has 1 amide bonds. The molecular weight excluding hydrogens is 462 g/mol. The molecule has 0 aliphatic carbocycles. The Morgan fingerprint density at radius 1 is 1.00 bits per heavy atom. The van der Waals surface area contributed by atoms with Crippen molar-refractivity contribution >= 4 is 27.8 Å². The number of H-pyrrole nitrogens is 1. The van der Waals surface area contributed by atoms with Gasteiger partial charge in [-0.25, -0.2) is 4.98 Å². The Morgan fingerprint density at radius 3 is 2.86 bits per heavy atom. The SMILES string of the molecule is O=C(NCc1cccnc1)c1ccc2c(c1)ncn2-c1cccc(OCCc2c[nH]c3ccccc23)c1. The summed E-state index contributed by atoms with van der Waals surface area (Å²) in [6, 6.07) is 25.6. The molecule has 7 heteroatoms. The summed E-state index contributed by atoms with van der Waals surface area (Å²) in [5.41, 5.74) is 6.51. The van der Waals surface area contributed by atoms with Gasteiger partial charge in [0.05, 0.1) is 23.3 Å². The lowest BCUT2D eigenvalue weighted by atomic mass is 10.1. The second kappa shape index (κ2) is 9.99. The van der Waals surface area contributed by atoms with Crippen molar-refractivity contribution < 1.29 is 9.53 Å². The predicted octanol–water partition coefficient (Wildman–Crippen LogP) is 5.45. The average molecular weight is 488 g/mol. The Morgan fingerprint density at radius 2 is 1.95 bits per heavy atom. The number of aromatic amines is 1. The van der Waals surface area contributed by atoms with Crippen molar-refractivity contribution in [3.05, 3.63) is 120 Å². The molecule has 3 heterocycles. The molecule has 6 aromatic rings. The average Bonchev–Trinajstić information content (AvgIpc) is 3.56. The van der Waals surface area contributed by atoms with Crippen LogP contribution >= 0.6 is 0 Å². The number of pyridine rings is 1. The molecule has 0 saturated heterocycles. The number of carbonyl (C=O) groups is 1. The number of rotatable bonds is 8. The quantitative estimate of drug-likeness (QED) is 0.299. The van der Waals surface area contributed by atoms with Crippen molar-refractivity contribution in [1.29, 1.82) is 0 Å². The third-order valence-corrected chi connectivity index (χ3v) is 6.40. The smallest absolute Gasteiger partial charge is 0.251 e. The molecule has 3 aromatic heterocycles. The van der Waals surface area contributed by atoms with Gasteiger partial charge in [0.25, 0.3) is 5.91 Å². The van der Waals surface area contributed by atoms with Crippen molar-refractivity contribution in [1.82, 2.24) is 24.8 Å². The molecule has 0 bridgehead atoms. The van der Waals surface area contributed by atoms with Gasteiger partial charge >= 0.3 is 0 Å². The fourth-order valence-corrected chi connectivity index (χ4v) is 4.49. The van der Waals surface area contributed by atoms with Gasteiger partial charge in [-0.15, -0.1) is 0 Å². The molecule has 0 aliphatic heterocycles. The van der Waals surface area contributed by atoms with Crippen LogP contribution in [0.25, 0.3) is 27.6 Å². The molecule has 0 unspecified atom stereocenters. The number of amides is 1. The monoisotopic (exact) mass is 487 g/mol. The van der Waals surface area contributed by atoms with E-state index in [-0.39, 0.29) is 5.91 Å². The summed E-state index contributed by atoms with van der Waals surface area (Å²) >= 11 is 0. The molecule has 0 radical (unpaired) electrons. The van der Waals surface area contributed by atoms with Crippen molar-refractivity contribution in [3.8, 4) is 11.4 Å². The van der Waals surface area contributed by atoms with E-state index in [1.165, 1.54) is 10.9 Å². The summed E-state index contributed by atoms with van der Waals surface area (Å²) in [6.45, 7) is 1.000. The number of hydrogen-bond donors (Lipinski definition) is 2. The van der Waals surface area contributed by atoms with Crippen LogP contribution in [0.15, 0.2) is 104 Å². The number of fused-ring (bicyclic) bond motifs is 2. The molecule has 0 aliphatic rings. The maximum atomic E-state index is 12.7. The lowest BCUT2D eigenvalue weighted by Crippen LogP contribution is -2.22. The maximum Gasteiger partial charge on any atom is 0.251 e. The minimum absolute atomic E-state index is 0.147. The van der Waals surface area contributed by atoms with Crippen LogP contribution < -0.4 is 10.1 Å². The van der Waals surface area contributed by atoms with Crippen LogP contribution in [0.5, 0.6) is 5.75 Å². The number of hydrogen-bond acceptors (Lipinski definition) is 4. The van der Waals surface area contributed by atoms with E-state index in [0.717, 1.165) is 40.0 Å². The van der Waals surface area contributed by atoms with Gasteiger partial charge in [0.1, 0.15) is 12.1 Å². The lowest BCUT2D eigenvalue weighted by molar-refractivity contribution is 0.0951. The molecular formula is C30H25N5O2. The van der Waals surface area contributed by atoms with E-state index in [9.17, 15) is 4.79 Å². The van der Waals surface area contributed by atoms with E-state index in [0.29, 0.717) is 18.7 Å². The first-order chi connectivity index (χ1) is 18.2. The minimum Gasteiger partial charge on any atom is -0.493 e. The molecule has 0 atom stereocenters. The van der Waals surface area contributed by atoms with Gasteiger partial charge in [-0.2, -0.15) is 0 Å². The Balaban J connectivity index is 1.14. The Hall–Kier alpha value is -4.91. The van der Waals surface area contributed by atoms with E-state index in [2.05, 4.69) is 44.7 Å². The van der Waals surface area contributed by atoms with E-state index >= 15 is 0 Å². The maximum absolute atomic E-state index is 12.7. The van der Waals surface area contributed by atoms with Crippen molar-refractivity contribution in [2.75, 3.05) is 6.61 Å². The molecule has 6 rings (SSSR count). The standard InChI is InChI=1S/C30H25N5O2/c36-30(33-18-21-5-4-13-31-17-21)22-10-11-29-28(15-22)34-20-35(29)24-6-3-7-25(16-24)37-14-12-23-19-32-27-9-2-1-8-26(23)27/h1-11,13,15-17,19-20,32H,12,14,18H2,(H,33,36). The highest BCUT2D eigenvalue weighted by Crippen LogP contribution is 2.24. The van der Waals surface area contributed by atoms with Crippen LogP contribution in [0.3, 0.4) is 0 Å². The summed E-state index contributed by atoms with van der Waals surface area (Å²) in [6.07, 6.45) is 8.09. The Kier molecular flexibility index (Phi) is 6.09. The molecule has 182 valence electrons. The van der Waals surface area contributed by atoms with Crippen LogP contribution in [-0.4, -0.2) is 32.0 Å². The molecule has 3 aromatic carbocycles. The largest absolute Gasteiger partial charge is 0.493 e. The minimum atomic E-state index is -0.147. The van der Waals surface area contributed by atoms with E-state index in [1.54, 1.807) is 18.7 Å². The number of imidazole rings is 1. The third kappa shape index (κ3) is 4.79. The fraction of sp³-hybridized carbons (Fsp3) is 0.100. The molecule has 2 N–H and O–H groups in total. The van der Waals surface area contributed by atoms with Gasteiger partial charge in [-0.3, -0.25) is 14.3 Å². The number of para-hydroxylation sites is 1. The van der Waals surface area contributed by atoms with Crippen molar-refractivity contribution in [3.63, 3.8) is 0 Å². The van der Waals surface area contributed by atoms with Gasteiger partial charge in [0.15, 0.2) is 0 Å². The number of aromatic nitrogens is 4.